The van der Waals surface area contributed by atoms with Gasteiger partial charge in [-0.15, -0.1) is 0 Å². The number of aryl methyl sites for hydroxylation is 2. The zero-order valence-corrected chi connectivity index (χ0v) is 8.07. The maximum absolute atomic E-state index is 12.1. The summed E-state index contributed by atoms with van der Waals surface area (Å²) < 4.78 is 37.2. The SMILES string of the molecule is Cc1nn(C)c(Cl)c1C(=O)C(F)(F)F. The zero-order chi connectivity index (χ0) is 11.1. The van der Waals surface area contributed by atoms with Crippen molar-refractivity contribution in [3.8, 4) is 0 Å². The van der Waals surface area contributed by atoms with Crippen LogP contribution in [0.1, 0.15) is 16.1 Å². The first kappa shape index (κ1) is 11.0. The molecule has 0 aliphatic heterocycles. The molecule has 0 spiro atoms. The molecule has 0 radical (unpaired) electrons. The quantitative estimate of drug-likeness (QED) is 0.688. The van der Waals surface area contributed by atoms with Gasteiger partial charge >= 0.3 is 6.18 Å². The zero-order valence-electron chi connectivity index (χ0n) is 7.31. The van der Waals surface area contributed by atoms with Crippen molar-refractivity contribution in [3.05, 3.63) is 16.4 Å². The molecule has 0 saturated heterocycles. The number of ketones is 1. The number of hydrogen-bond acceptors (Lipinski definition) is 2. The lowest BCUT2D eigenvalue weighted by Crippen LogP contribution is -2.23. The fraction of sp³-hybridized carbons (Fsp3) is 0.429. The van der Waals surface area contributed by atoms with E-state index in [0.717, 1.165) is 4.68 Å². The molecule has 0 atom stereocenters. The summed E-state index contributed by atoms with van der Waals surface area (Å²) in [5.41, 5.74) is -0.610. The summed E-state index contributed by atoms with van der Waals surface area (Å²) in [5.74, 6) is -1.96. The van der Waals surface area contributed by atoms with Gasteiger partial charge in [0.2, 0.25) is 0 Å². The molecule has 1 rings (SSSR count). The number of alkyl halides is 3. The molecular weight excluding hydrogens is 221 g/mol. The van der Waals surface area contributed by atoms with E-state index in [1.165, 1.54) is 14.0 Å². The largest absolute Gasteiger partial charge is 0.455 e. The molecule has 78 valence electrons. The first-order valence-corrected chi connectivity index (χ1v) is 3.93. The molecule has 14 heavy (non-hydrogen) atoms. The van der Waals surface area contributed by atoms with E-state index in [9.17, 15) is 18.0 Å². The molecule has 0 aliphatic carbocycles. The Morgan fingerprint density at radius 3 is 2.29 bits per heavy atom. The van der Waals surface area contributed by atoms with Crippen molar-refractivity contribution in [2.75, 3.05) is 0 Å². The summed E-state index contributed by atoms with van der Waals surface area (Å²) in [6, 6.07) is 0. The Morgan fingerprint density at radius 1 is 1.50 bits per heavy atom. The lowest BCUT2D eigenvalue weighted by atomic mass is 10.2. The molecule has 0 fully saturated rings. The molecule has 0 aromatic carbocycles. The van der Waals surface area contributed by atoms with Crippen molar-refractivity contribution in [2.24, 2.45) is 7.05 Å². The first-order chi connectivity index (χ1) is 6.25. The molecule has 0 N–H and O–H groups in total. The van der Waals surface area contributed by atoms with E-state index in [0.29, 0.717) is 0 Å². The predicted molar refractivity (Wildman–Crippen MR) is 43.3 cm³/mol. The number of Topliss-reactive ketones (excluding diaryl/α,β-unsaturated/α-hetero) is 1. The molecular formula is C7H6ClF3N2O. The summed E-state index contributed by atoms with van der Waals surface area (Å²) in [6.45, 7) is 1.30. The Hall–Kier alpha value is -1.04. The third kappa shape index (κ3) is 1.75. The fourth-order valence-electron chi connectivity index (χ4n) is 1.03. The second-order valence-electron chi connectivity index (χ2n) is 2.70. The highest BCUT2D eigenvalue weighted by atomic mass is 35.5. The van der Waals surface area contributed by atoms with Crippen molar-refractivity contribution in [2.45, 2.75) is 13.1 Å². The Balaban J connectivity index is 3.27. The maximum Gasteiger partial charge on any atom is 0.455 e. The van der Waals surface area contributed by atoms with Gasteiger partial charge in [0.25, 0.3) is 5.78 Å². The Labute approximate surface area is 82.5 Å². The van der Waals surface area contributed by atoms with Crippen molar-refractivity contribution in [1.82, 2.24) is 9.78 Å². The van der Waals surface area contributed by atoms with Crippen LogP contribution in [0.4, 0.5) is 13.2 Å². The lowest BCUT2D eigenvalue weighted by Gasteiger charge is -2.03. The molecule has 7 heteroatoms. The molecule has 1 heterocycles. The highest BCUT2D eigenvalue weighted by molar-refractivity contribution is 6.33. The van der Waals surface area contributed by atoms with Crippen molar-refractivity contribution in [1.29, 1.82) is 0 Å². The van der Waals surface area contributed by atoms with Gasteiger partial charge in [0.15, 0.2) is 0 Å². The van der Waals surface area contributed by atoms with Crippen molar-refractivity contribution in [3.63, 3.8) is 0 Å². The van der Waals surface area contributed by atoms with Crippen LogP contribution < -0.4 is 0 Å². The third-order valence-corrected chi connectivity index (χ3v) is 2.07. The van der Waals surface area contributed by atoms with E-state index in [1.807, 2.05) is 0 Å². The highest BCUT2D eigenvalue weighted by Crippen LogP contribution is 2.27. The van der Waals surface area contributed by atoms with Crippen LogP contribution in [0.2, 0.25) is 5.15 Å². The lowest BCUT2D eigenvalue weighted by molar-refractivity contribution is -0.0885. The number of nitrogens with zero attached hydrogens (tertiary/aromatic N) is 2. The smallest absolute Gasteiger partial charge is 0.284 e. The average Bonchev–Trinajstić information content (AvgIpc) is 2.24. The molecule has 0 amide bonds. The molecule has 3 nitrogen and oxygen atoms in total. The van der Waals surface area contributed by atoms with Gasteiger partial charge < -0.3 is 0 Å². The Morgan fingerprint density at radius 2 is 2.00 bits per heavy atom. The van der Waals surface area contributed by atoms with Crippen molar-refractivity contribution >= 4 is 17.4 Å². The average molecular weight is 227 g/mol. The van der Waals surface area contributed by atoms with Gasteiger partial charge in [-0.3, -0.25) is 9.48 Å². The van der Waals surface area contributed by atoms with E-state index in [2.05, 4.69) is 5.10 Å². The molecule has 1 aromatic rings. The normalized spacial score (nSPS) is 11.9. The van der Waals surface area contributed by atoms with Gasteiger partial charge in [0.05, 0.1) is 11.3 Å². The van der Waals surface area contributed by atoms with Crippen LogP contribution >= 0.6 is 11.6 Å². The van der Waals surface area contributed by atoms with Gasteiger partial charge in [-0.1, -0.05) is 11.6 Å². The second-order valence-corrected chi connectivity index (χ2v) is 3.06. The second kappa shape index (κ2) is 3.27. The number of halogens is 4. The van der Waals surface area contributed by atoms with Gasteiger partial charge in [0.1, 0.15) is 5.15 Å². The van der Waals surface area contributed by atoms with E-state index in [-0.39, 0.29) is 10.8 Å². The number of carbonyl (C=O) groups excluding carboxylic acids is 1. The standard InChI is InChI=1S/C7H6ClF3N2O/c1-3-4(5(14)7(9,10)11)6(8)13(2)12-3/h1-2H3. The summed E-state index contributed by atoms with van der Waals surface area (Å²) in [4.78, 5) is 10.9. The monoisotopic (exact) mass is 226 g/mol. The summed E-state index contributed by atoms with van der Waals surface area (Å²) in [7, 11) is 1.36. The molecule has 0 saturated carbocycles. The van der Waals surface area contributed by atoms with Crippen LogP contribution in [0.3, 0.4) is 0 Å². The van der Waals surface area contributed by atoms with Crippen LogP contribution in [-0.2, 0) is 7.05 Å². The molecule has 1 aromatic heterocycles. The van der Waals surface area contributed by atoms with Crippen molar-refractivity contribution < 1.29 is 18.0 Å². The van der Waals surface area contributed by atoms with E-state index in [1.54, 1.807) is 0 Å². The fourth-order valence-corrected chi connectivity index (χ4v) is 1.29. The molecule has 0 bridgehead atoms. The van der Waals surface area contributed by atoms with Crippen LogP contribution in [0.25, 0.3) is 0 Å². The summed E-state index contributed by atoms with van der Waals surface area (Å²) in [5, 5.41) is 3.31. The van der Waals surface area contributed by atoms with Crippen LogP contribution in [0, 0.1) is 6.92 Å². The topological polar surface area (TPSA) is 34.9 Å². The van der Waals surface area contributed by atoms with Crippen LogP contribution in [0.15, 0.2) is 0 Å². The minimum absolute atomic E-state index is 0.0279. The van der Waals surface area contributed by atoms with Gasteiger partial charge in [-0.05, 0) is 6.92 Å². The number of hydrogen-bond donors (Lipinski definition) is 0. The Kier molecular flexibility index (Phi) is 2.58. The molecule has 0 aliphatic rings. The van der Waals surface area contributed by atoms with E-state index >= 15 is 0 Å². The van der Waals surface area contributed by atoms with Gasteiger partial charge in [0, 0.05) is 7.05 Å². The van der Waals surface area contributed by atoms with Gasteiger partial charge in [-0.2, -0.15) is 18.3 Å². The maximum atomic E-state index is 12.1. The minimum Gasteiger partial charge on any atom is -0.284 e. The summed E-state index contributed by atoms with van der Waals surface area (Å²) in [6.07, 6.45) is -4.92. The van der Waals surface area contributed by atoms with E-state index in [4.69, 9.17) is 11.6 Å². The molecule has 0 unspecified atom stereocenters. The first-order valence-electron chi connectivity index (χ1n) is 3.55. The predicted octanol–water partition coefficient (Wildman–Crippen LogP) is 2.13. The van der Waals surface area contributed by atoms with Crippen LogP contribution in [-0.4, -0.2) is 21.7 Å². The van der Waals surface area contributed by atoms with E-state index < -0.39 is 17.5 Å². The third-order valence-electron chi connectivity index (χ3n) is 1.64. The van der Waals surface area contributed by atoms with Crippen LogP contribution in [0.5, 0.6) is 0 Å². The number of aromatic nitrogens is 2. The highest BCUT2D eigenvalue weighted by Gasteiger charge is 2.42. The number of rotatable bonds is 1. The Bertz CT molecular complexity index is 383. The summed E-state index contributed by atoms with van der Waals surface area (Å²) >= 11 is 5.49. The number of carbonyl (C=O) groups is 1. The minimum atomic E-state index is -4.92. The van der Waals surface area contributed by atoms with Gasteiger partial charge in [-0.25, -0.2) is 0 Å².